The van der Waals surface area contributed by atoms with Crippen LogP contribution in [-0.2, 0) is 10.0 Å². The normalized spacial score (nSPS) is 14.3. The molecule has 1 N–H and O–H groups in total. The number of anilines is 3. The van der Waals surface area contributed by atoms with Gasteiger partial charge in [0.1, 0.15) is 11.6 Å². The lowest BCUT2D eigenvalue weighted by Gasteiger charge is -2.36. The minimum absolute atomic E-state index is 0.233. The predicted octanol–water partition coefficient (Wildman–Crippen LogP) is 3.83. The SMILES string of the molecule is COc1cc(C)c(S(=O)(=O)Nc2ccc(N3CCN(c4ccccc4)CC3)nc2)cc1C. The van der Waals surface area contributed by atoms with Gasteiger partial charge in [-0.05, 0) is 61.4 Å². The smallest absolute Gasteiger partial charge is 0.262 e. The third kappa shape index (κ3) is 4.65. The quantitative estimate of drug-likeness (QED) is 0.613. The number of methoxy groups -OCH3 is 1. The van der Waals surface area contributed by atoms with Gasteiger partial charge in [-0.15, -0.1) is 0 Å². The summed E-state index contributed by atoms with van der Waals surface area (Å²) in [6, 6.07) is 17.4. The first-order valence-electron chi connectivity index (χ1n) is 10.6. The number of rotatable bonds is 6. The van der Waals surface area contributed by atoms with Crippen molar-refractivity contribution in [3.8, 4) is 5.75 Å². The van der Waals surface area contributed by atoms with Crippen LogP contribution in [0, 0.1) is 13.8 Å². The summed E-state index contributed by atoms with van der Waals surface area (Å²) in [4.78, 5) is 9.32. The molecule has 2 heterocycles. The number of sulfonamides is 1. The number of nitrogens with one attached hydrogen (secondary N) is 1. The number of hydrogen-bond acceptors (Lipinski definition) is 6. The molecule has 0 aliphatic carbocycles. The first-order valence-corrected chi connectivity index (χ1v) is 12.0. The van der Waals surface area contributed by atoms with Crippen LogP contribution in [0.5, 0.6) is 5.75 Å². The number of nitrogens with zero attached hydrogens (tertiary/aromatic N) is 3. The Hall–Kier alpha value is -3.26. The van der Waals surface area contributed by atoms with Crippen LogP contribution in [-0.4, -0.2) is 46.7 Å². The maximum atomic E-state index is 12.9. The van der Waals surface area contributed by atoms with Crippen molar-refractivity contribution < 1.29 is 13.2 Å². The molecule has 1 aliphatic heterocycles. The van der Waals surface area contributed by atoms with Gasteiger partial charge in [0.2, 0.25) is 0 Å². The minimum Gasteiger partial charge on any atom is -0.496 e. The summed E-state index contributed by atoms with van der Waals surface area (Å²) in [6.45, 7) is 7.12. The minimum atomic E-state index is -3.73. The fourth-order valence-corrected chi connectivity index (χ4v) is 5.30. The first-order chi connectivity index (χ1) is 15.4. The molecule has 1 aromatic heterocycles. The highest BCUT2D eigenvalue weighted by Crippen LogP contribution is 2.27. The summed E-state index contributed by atoms with van der Waals surface area (Å²) in [7, 11) is -2.16. The van der Waals surface area contributed by atoms with Crippen LogP contribution >= 0.6 is 0 Å². The number of benzene rings is 2. The molecule has 0 radical (unpaired) electrons. The number of aryl methyl sites for hydroxylation is 2. The zero-order chi connectivity index (χ0) is 22.7. The number of hydrogen-bond donors (Lipinski definition) is 1. The fraction of sp³-hybridized carbons (Fsp3) is 0.292. The second kappa shape index (κ2) is 9.08. The molecule has 0 saturated carbocycles. The highest BCUT2D eigenvalue weighted by molar-refractivity contribution is 7.92. The van der Waals surface area contributed by atoms with E-state index < -0.39 is 10.0 Å². The van der Waals surface area contributed by atoms with Crippen molar-refractivity contribution in [2.75, 3.05) is 47.8 Å². The van der Waals surface area contributed by atoms with Gasteiger partial charge in [0.15, 0.2) is 0 Å². The van der Waals surface area contributed by atoms with E-state index in [4.69, 9.17) is 4.74 Å². The van der Waals surface area contributed by atoms with Crippen molar-refractivity contribution in [2.24, 2.45) is 0 Å². The molecule has 1 saturated heterocycles. The van der Waals surface area contributed by atoms with Gasteiger partial charge in [0.05, 0.1) is 23.9 Å². The van der Waals surface area contributed by atoms with E-state index in [-0.39, 0.29) is 4.90 Å². The molecule has 2 aromatic carbocycles. The Bertz CT molecular complexity index is 1170. The number of pyridine rings is 1. The van der Waals surface area contributed by atoms with Crippen molar-refractivity contribution in [3.63, 3.8) is 0 Å². The molecule has 8 heteroatoms. The predicted molar refractivity (Wildman–Crippen MR) is 128 cm³/mol. The molecule has 0 amide bonds. The van der Waals surface area contributed by atoms with Gasteiger partial charge >= 0.3 is 0 Å². The van der Waals surface area contributed by atoms with Crippen LogP contribution < -0.4 is 19.3 Å². The molecular weight excluding hydrogens is 424 g/mol. The molecule has 3 aromatic rings. The van der Waals surface area contributed by atoms with Gasteiger partial charge in [-0.25, -0.2) is 13.4 Å². The maximum Gasteiger partial charge on any atom is 0.262 e. The van der Waals surface area contributed by atoms with E-state index >= 15 is 0 Å². The van der Waals surface area contributed by atoms with Crippen molar-refractivity contribution in [1.29, 1.82) is 0 Å². The van der Waals surface area contributed by atoms with Crippen LogP contribution in [0.2, 0.25) is 0 Å². The monoisotopic (exact) mass is 452 g/mol. The van der Waals surface area contributed by atoms with E-state index in [0.29, 0.717) is 17.0 Å². The summed E-state index contributed by atoms with van der Waals surface area (Å²) < 4.78 is 33.8. The Morgan fingerprint density at radius 1 is 0.906 bits per heavy atom. The van der Waals surface area contributed by atoms with Crippen molar-refractivity contribution >= 4 is 27.2 Å². The van der Waals surface area contributed by atoms with Gasteiger partial charge < -0.3 is 14.5 Å². The van der Waals surface area contributed by atoms with Crippen LogP contribution in [0.3, 0.4) is 0 Å². The molecule has 4 rings (SSSR count). The summed E-state index contributed by atoms with van der Waals surface area (Å²) in [5.41, 5.74) is 3.06. The lowest BCUT2D eigenvalue weighted by molar-refractivity contribution is 0.411. The largest absolute Gasteiger partial charge is 0.496 e. The second-order valence-electron chi connectivity index (χ2n) is 7.91. The highest BCUT2D eigenvalue weighted by atomic mass is 32.2. The Balaban J connectivity index is 1.43. The fourth-order valence-electron chi connectivity index (χ4n) is 3.95. The maximum absolute atomic E-state index is 12.9. The third-order valence-corrected chi connectivity index (χ3v) is 7.23. The standard InChI is InChI=1S/C24H28N4O3S/c1-18-16-23(19(2)15-22(18)31-3)32(29,30)26-20-9-10-24(25-17-20)28-13-11-27(12-14-28)21-7-5-4-6-8-21/h4-10,15-17,26H,11-14H2,1-3H3. The Labute approximate surface area is 189 Å². The van der Waals surface area contributed by atoms with E-state index in [1.165, 1.54) is 5.69 Å². The molecule has 168 valence electrons. The number of ether oxygens (including phenoxy) is 1. The van der Waals surface area contributed by atoms with Gasteiger partial charge in [-0.1, -0.05) is 18.2 Å². The number of para-hydroxylation sites is 1. The summed E-state index contributed by atoms with van der Waals surface area (Å²) in [6.07, 6.45) is 1.57. The van der Waals surface area contributed by atoms with Crippen molar-refractivity contribution in [3.05, 3.63) is 71.9 Å². The topological polar surface area (TPSA) is 74.8 Å². The first kappa shape index (κ1) is 22.0. The van der Waals surface area contributed by atoms with Crippen LogP contribution in [0.25, 0.3) is 0 Å². The summed E-state index contributed by atoms with van der Waals surface area (Å²) in [5.74, 6) is 1.51. The van der Waals surface area contributed by atoms with E-state index in [9.17, 15) is 8.42 Å². The Kier molecular flexibility index (Phi) is 6.23. The van der Waals surface area contributed by atoms with Crippen molar-refractivity contribution in [2.45, 2.75) is 18.7 Å². The van der Waals surface area contributed by atoms with Gasteiger partial charge in [-0.3, -0.25) is 4.72 Å². The zero-order valence-electron chi connectivity index (χ0n) is 18.6. The highest BCUT2D eigenvalue weighted by Gasteiger charge is 2.21. The molecule has 32 heavy (non-hydrogen) atoms. The third-order valence-electron chi connectivity index (χ3n) is 5.71. The molecule has 1 aliphatic rings. The van der Waals surface area contributed by atoms with E-state index in [0.717, 1.165) is 37.6 Å². The molecule has 0 spiro atoms. The Morgan fingerprint density at radius 3 is 2.22 bits per heavy atom. The average Bonchev–Trinajstić information content (AvgIpc) is 2.81. The summed E-state index contributed by atoms with van der Waals surface area (Å²) in [5, 5.41) is 0. The molecule has 7 nitrogen and oxygen atoms in total. The molecule has 0 unspecified atom stereocenters. The molecule has 0 bridgehead atoms. The van der Waals surface area contributed by atoms with E-state index in [2.05, 4.69) is 43.8 Å². The summed E-state index contributed by atoms with van der Waals surface area (Å²) >= 11 is 0. The lowest BCUT2D eigenvalue weighted by atomic mass is 10.1. The number of piperazine rings is 1. The second-order valence-corrected chi connectivity index (χ2v) is 9.56. The Morgan fingerprint density at radius 2 is 1.59 bits per heavy atom. The van der Waals surface area contributed by atoms with Gasteiger partial charge in [-0.2, -0.15) is 0 Å². The zero-order valence-corrected chi connectivity index (χ0v) is 19.4. The number of aromatic nitrogens is 1. The molecule has 1 fully saturated rings. The van der Waals surface area contributed by atoms with Crippen LogP contribution in [0.4, 0.5) is 17.2 Å². The van der Waals surface area contributed by atoms with Crippen LogP contribution in [0.1, 0.15) is 11.1 Å². The van der Waals surface area contributed by atoms with Gasteiger partial charge in [0, 0.05) is 31.9 Å². The van der Waals surface area contributed by atoms with E-state index in [1.54, 1.807) is 38.4 Å². The molecular formula is C24H28N4O3S. The van der Waals surface area contributed by atoms with E-state index in [1.807, 2.05) is 19.1 Å². The van der Waals surface area contributed by atoms with Crippen LogP contribution in [0.15, 0.2) is 65.7 Å². The lowest BCUT2D eigenvalue weighted by Crippen LogP contribution is -2.46. The average molecular weight is 453 g/mol. The van der Waals surface area contributed by atoms with Gasteiger partial charge in [0.25, 0.3) is 10.0 Å². The van der Waals surface area contributed by atoms with Crippen molar-refractivity contribution in [1.82, 2.24) is 4.98 Å². The molecule has 0 atom stereocenters.